The molecule has 0 saturated carbocycles. The van der Waals surface area contributed by atoms with Crippen LogP contribution < -0.4 is 0 Å². The summed E-state index contributed by atoms with van der Waals surface area (Å²) >= 11 is 7.12. The number of nitrogens with zero attached hydrogens (tertiary/aromatic N) is 2. The molecule has 2 aromatic heterocycles. The average molecular weight is 331 g/mol. The number of pyridine rings is 1. The first-order valence-electron chi connectivity index (χ1n) is 5.69. The molecule has 0 amide bonds. The van der Waals surface area contributed by atoms with Crippen LogP contribution in [0, 0.1) is 5.92 Å². The zero-order valence-electron chi connectivity index (χ0n) is 10.2. The minimum Gasteiger partial charge on any atom is -0.231 e. The largest absolute Gasteiger partial charge is 0.231 e. The number of hydrogen-bond donors (Lipinski definition) is 0. The standard InChI is InChI=1S/C12H15BrN2S2/c1-4-9-8(13)5-10-11(14-9)15-12(17-10)16-6-7(2)3/h5,7H,4,6H2,1-3H3. The molecule has 0 atom stereocenters. The molecule has 2 nitrogen and oxygen atoms in total. The monoisotopic (exact) mass is 330 g/mol. The molecule has 0 aliphatic carbocycles. The smallest absolute Gasteiger partial charge is 0.171 e. The average Bonchev–Trinajstić information content (AvgIpc) is 2.67. The molecule has 0 saturated heterocycles. The third kappa shape index (κ3) is 3.20. The summed E-state index contributed by atoms with van der Waals surface area (Å²) in [6, 6.07) is 2.14. The molecular formula is C12H15BrN2S2. The predicted octanol–water partition coefficient (Wildman–Crippen LogP) is 4.76. The van der Waals surface area contributed by atoms with Crippen molar-refractivity contribution in [2.75, 3.05) is 5.75 Å². The molecule has 0 spiro atoms. The van der Waals surface area contributed by atoms with Gasteiger partial charge < -0.3 is 0 Å². The quantitative estimate of drug-likeness (QED) is 0.755. The van der Waals surface area contributed by atoms with Gasteiger partial charge in [-0.2, -0.15) is 0 Å². The van der Waals surface area contributed by atoms with Gasteiger partial charge in [0.2, 0.25) is 0 Å². The third-order valence-corrected chi connectivity index (χ3v) is 5.51. The van der Waals surface area contributed by atoms with Crippen molar-refractivity contribution in [3.05, 3.63) is 16.2 Å². The molecule has 2 aromatic rings. The van der Waals surface area contributed by atoms with Crippen LogP contribution in [0.5, 0.6) is 0 Å². The Balaban J connectivity index is 2.30. The van der Waals surface area contributed by atoms with Crippen LogP contribution in [-0.2, 0) is 6.42 Å². The van der Waals surface area contributed by atoms with E-state index in [-0.39, 0.29) is 0 Å². The van der Waals surface area contributed by atoms with Crippen LogP contribution in [0.25, 0.3) is 10.3 Å². The molecule has 0 aliphatic rings. The van der Waals surface area contributed by atoms with E-state index < -0.39 is 0 Å². The normalized spacial score (nSPS) is 11.6. The lowest BCUT2D eigenvalue weighted by Crippen LogP contribution is -1.90. The number of halogens is 1. The zero-order valence-corrected chi connectivity index (χ0v) is 13.4. The molecule has 2 rings (SSSR count). The van der Waals surface area contributed by atoms with Gasteiger partial charge in [0.1, 0.15) is 0 Å². The molecule has 0 aromatic carbocycles. The van der Waals surface area contributed by atoms with Gasteiger partial charge in [-0.1, -0.05) is 32.5 Å². The fourth-order valence-electron chi connectivity index (χ4n) is 1.41. The van der Waals surface area contributed by atoms with E-state index in [0.717, 1.165) is 32.3 Å². The number of aromatic nitrogens is 2. The van der Waals surface area contributed by atoms with Crippen LogP contribution in [0.15, 0.2) is 14.9 Å². The van der Waals surface area contributed by atoms with Crippen molar-refractivity contribution in [1.82, 2.24) is 9.97 Å². The number of fused-ring (bicyclic) bond motifs is 1. The summed E-state index contributed by atoms with van der Waals surface area (Å²) in [4.78, 5) is 9.16. The molecule has 92 valence electrons. The molecule has 0 N–H and O–H groups in total. The molecule has 0 fully saturated rings. The summed E-state index contributed by atoms with van der Waals surface area (Å²) in [5.74, 6) is 1.81. The first-order chi connectivity index (χ1) is 8.10. The van der Waals surface area contributed by atoms with Crippen molar-refractivity contribution >= 4 is 49.4 Å². The van der Waals surface area contributed by atoms with Crippen molar-refractivity contribution < 1.29 is 0 Å². The molecule has 5 heteroatoms. The number of rotatable bonds is 4. The Morgan fingerprint density at radius 1 is 1.41 bits per heavy atom. The lowest BCUT2D eigenvalue weighted by Gasteiger charge is -1.99. The van der Waals surface area contributed by atoms with Gasteiger partial charge in [0.15, 0.2) is 9.99 Å². The summed E-state index contributed by atoms with van der Waals surface area (Å²) in [6.07, 6.45) is 0.933. The van der Waals surface area contributed by atoms with Gasteiger partial charge in [-0.25, -0.2) is 9.97 Å². The van der Waals surface area contributed by atoms with Gasteiger partial charge >= 0.3 is 0 Å². The van der Waals surface area contributed by atoms with Crippen molar-refractivity contribution in [3.8, 4) is 0 Å². The van der Waals surface area contributed by atoms with Gasteiger partial charge in [-0.3, -0.25) is 0 Å². The van der Waals surface area contributed by atoms with E-state index in [2.05, 4.69) is 52.7 Å². The second-order valence-electron chi connectivity index (χ2n) is 4.28. The lowest BCUT2D eigenvalue weighted by molar-refractivity contribution is 0.750. The Bertz CT molecular complexity index is 522. The Hall–Kier alpha value is -0.130. The second kappa shape index (κ2) is 5.67. The molecule has 17 heavy (non-hydrogen) atoms. The Morgan fingerprint density at radius 2 is 2.18 bits per heavy atom. The van der Waals surface area contributed by atoms with E-state index >= 15 is 0 Å². The minimum atomic E-state index is 0.693. The molecule has 2 heterocycles. The Morgan fingerprint density at radius 3 is 2.82 bits per heavy atom. The van der Waals surface area contributed by atoms with E-state index in [9.17, 15) is 0 Å². The summed E-state index contributed by atoms with van der Waals surface area (Å²) in [5.41, 5.74) is 1.98. The van der Waals surface area contributed by atoms with Gasteiger partial charge in [-0.05, 0) is 34.3 Å². The topological polar surface area (TPSA) is 25.8 Å². The lowest BCUT2D eigenvalue weighted by atomic mass is 10.3. The van der Waals surface area contributed by atoms with Crippen LogP contribution in [0.1, 0.15) is 26.5 Å². The van der Waals surface area contributed by atoms with Crippen LogP contribution in [0.2, 0.25) is 0 Å². The van der Waals surface area contributed by atoms with Crippen LogP contribution >= 0.6 is 39.0 Å². The number of aryl methyl sites for hydroxylation is 1. The fraction of sp³-hybridized carbons (Fsp3) is 0.500. The third-order valence-electron chi connectivity index (χ3n) is 2.26. The van der Waals surface area contributed by atoms with Gasteiger partial charge in [0.05, 0.1) is 10.4 Å². The van der Waals surface area contributed by atoms with Crippen molar-refractivity contribution in [1.29, 1.82) is 0 Å². The van der Waals surface area contributed by atoms with E-state index in [1.807, 2.05) is 11.8 Å². The molecule has 0 aliphatic heterocycles. The van der Waals surface area contributed by atoms with Crippen molar-refractivity contribution in [2.45, 2.75) is 31.5 Å². The van der Waals surface area contributed by atoms with E-state index in [1.165, 1.54) is 4.70 Å². The van der Waals surface area contributed by atoms with Crippen molar-refractivity contribution in [3.63, 3.8) is 0 Å². The maximum Gasteiger partial charge on any atom is 0.171 e. The number of thioether (sulfide) groups is 1. The molecule has 0 radical (unpaired) electrons. The minimum absolute atomic E-state index is 0.693. The summed E-state index contributed by atoms with van der Waals surface area (Å²) in [6.45, 7) is 6.56. The van der Waals surface area contributed by atoms with E-state index in [4.69, 9.17) is 0 Å². The zero-order chi connectivity index (χ0) is 12.4. The van der Waals surface area contributed by atoms with E-state index in [1.54, 1.807) is 11.3 Å². The maximum atomic E-state index is 4.58. The predicted molar refractivity (Wildman–Crippen MR) is 80.1 cm³/mol. The van der Waals surface area contributed by atoms with Crippen LogP contribution in [-0.4, -0.2) is 15.7 Å². The summed E-state index contributed by atoms with van der Waals surface area (Å²) in [5, 5.41) is 0. The summed E-state index contributed by atoms with van der Waals surface area (Å²) in [7, 11) is 0. The first kappa shape index (κ1) is 13.3. The molecular weight excluding hydrogens is 316 g/mol. The van der Waals surface area contributed by atoms with E-state index in [0.29, 0.717) is 5.92 Å². The SMILES string of the molecule is CCc1nc2nc(SCC(C)C)sc2cc1Br. The fourth-order valence-corrected chi connectivity index (χ4v) is 4.17. The second-order valence-corrected chi connectivity index (χ2v) is 7.43. The van der Waals surface area contributed by atoms with Crippen molar-refractivity contribution in [2.24, 2.45) is 5.92 Å². The summed E-state index contributed by atoms with van der Waals surface area (Å²) < 4.78 is 3.39. The van der Waals surface area contributed by atoms with Gasteiger partial charge in [0.25, 0.3) is 0 Å². The highest BCUT2D eigenvalue weighted by Gasteiger charge is 2.09. The number of thiazole rings is 1. The van der Waals surface area contributed by atoms with Gasteiger partial charge in [0, 0.05) is 10.2 Å². The van der Waals surface area contributed by atoms with Crippen LogP contribution in [0.3, 0.4) is 0 Å². The highest BCUT2D eigenvalue weighted by molar-refractivity contribution is 9.10. The maximum absolute atomic E-state index is 4.58. The highest BCUT2D eigenvalue weighted by atomic mass is 79.9. The Kier molecular flexibility index (Phi) is 4.44. The molecule has 0 bridgehead atoms. The highest BCUT2D eigenvalue weighted by Crippen LogP contribution is 2.32. The van der Waals surface area contributed by atoms with Gasteiger partial charge in [-0.15, -0.1) is 11.3 Å². The first-order valence-corrected chi connectivity index (χ1v) is 8.28. The van der Waals surface area contributed by atoms with Crippen LogP contribution in [0.4, 0.5) is 0 Å². The molecule has 0 unspecified atom stereocenters. The number of hydrogen-bond acceptors (Lipinski definition) is 4. The Labute approximate surface area is 118 Å².